The molecule has 0 bridgehead atoms. The molecule has 0 atom stereocenters. The number of hydrogen-bond donors (Lipinski definition) is 0. The van der Waals surface area contributed by atoms with Crippen LogP contribution in [0.2, 0.25) is 0 Å². The van der Waals surface area contributed by atoms with Crippen LogP contribution < -0.4 is 0 Å². The van der Waals surface area contributed by atoms with E-state index in [1.807, 2.05) is 12.2 Å². The molecule has 0 saturated heterocycles. The summed E-state index contributed by atoms with van der Waals surface area (Å²) in [7, 11) is 0. The van der Waals surface area contributed by atoms with Gasteiger partial charge in [0, 0.05) is 0 Å². The van der Waals surface area contributed by atoms with E-state index >= 15 is 0 Å². The van der Waals surface area contributed by atoms with E-state index in [-0.39, 0.29) is 75.4 Å². The van der Waals surface area contributed by atoms with Gasteiger partial charge in [0.2, 0.25) is 0 Å². The first kappa shape index (κ1) is 40.1. The summed E-state index contributed by atoms with van der Waals surface area (Å²) in [5, 5.41) is 0. The molecule has 0 N–H and O–H groups in total. The van der Waals surface area contributed by atoms with E-state index in [9.17, 15) is 0 Å². The fraction of sp³-hybridized carbons (Fsp3) is 0.143. The van der Waals surface area contributed by atoms with Gasteiger partial charge in [0.1, 0.15) is 0 Å². The van der Waals surface area contributed by atoms with Crippen molar-refractivity contribution >= 4 is 34.3 Å². The molecular weight excluding hydrogens is 267 g/mol. The van der Waals surface area contributed by atoms with Gasteiger partial charge in [-0.1, -0.05) is 0 Å². The Labute approximate surface area is 106 Å². The number of hydrogen-bond acceptors (Lipinski definition) is 0. The molecule has 0 aromatic carbocycles. The summed E-state index contributed by atoms with van der Waals surface area (Å²) in [5.74, 6) is 0. The van der Waals surface area contributed by atoms with Crippen molar-refractivity contribution < 1.29 is 26.2 Å². The van der Waals surface area contributed by atoms with E-state index in [0.29, 0.717) is 0 Å². The minimum Gasteiger partial charge on any atom is -0.358 e. The van der Waals surface area contributed by atoms with Gasteiger partial charge in [-0.25, -0.2) is 12.2 Å². The number of rotatable bonds is 0. The molecule has 3 radical (unpaired) electrons. The van der Waals surface area contributed by atoms with E-state index in [2.05, 4.69) is 12.2 Å². The maximum Gasteiger partial charge on any atom is 3.00 e. The second-order valence-corrected chi connectivity index (χ2v) is 1.00. The normalized spacial score (nSPS) is 8.00. The van der Waals surface area contributed by atoms with Crippen LogP contribution >= 0.6 is 12.4 Å². The summed E-state index contributed by atoms with van der Waals surface area (Å²) >= 11 is 0. The van der Waals surface area contributed by atoms with Gasteiger partial charge >= 0.3 is 26.2 Å². The predicted molar refractivity (Wildman–Crippen MR) is 61.5 cm³/mol. The van der Waals surface area contributed by atoms with Crippen LogP contribution in [0.4, 0.5) is 0 Å². The Hall–Kier alpha value is 1.09. The second kappa shape index (κ2) is 30.4. The molecule has 0 fully saturated rings. The molecule has 0 unspecified atom stereocenters. The smallest absolute Gasteiger partial charge is 0.358 e. The van der Waals surface area contributed by atoms with Gasteiger partial charge in [0.15, 0.2) is 0 Å². The summed E-state index contributed by atoms with van der Waals surface area (Å²) in [5.41, 5.74) is 0. The monoisotopic (exact) mass is 283 g/mol. The van der Waals surface area contributed by atoms with Gasteiger partial charge in [-0.05, 0) is 21.9 Å². The summed E-state index contributed by atoms with van der Waals surface area (Å²) < 4.78 is 0. The zero-order valence-electron chi connectivity index (χ0n) is 7.85. The number of allylic oxidation sites excluding steroid dienone is 4. The SMILES string of the molecule is Cl.[C-]1=CC=CC1.[CH3-].[CH3-].[SiH3].[SiH3].[Zr+3]. The molecule has 1 rings (SSSR count). The average Bonchev–Trinajstić information content (AvgIpc) is 1.76. The molecule has 0 saturated carbocycles. The molecule has 1 aliphatic rings. The minimum absolute atomic E-state index is 0. The molecule has 1 aliphatic carbocycles. The predicted octanol–water partition coefficient (Wildman–Crippen LogP) is 0.258. The van der Waals surface area contributed by atoms with Crippen LogP contribution in [0.3, 0.4) is 0 Å². The molecule has 0 nitrogen and oxygen atoms in total. The van der Waals surface area contributed by atoms with Gasteiger partial charge in [0.25, 0.3) is 0 Å². The van der Waals surface area contributed by atoms with Crippen molar-refractivity contribution in [1.29, 1.82) is 0 Å². The first-order valence-corrected chi connectivity index (χ1v) is 1.72. The third-order valence-corrected chi connectivity index (χ3v) is 0.586. The van der Waals surface area contributed by atoms with Crippen molar-refractivity contribution in [1.82, 2.24) is 0 Å². The van der Waals surface area contributed by atoms with Crippen molar-refractivity contribution in [2.75, 3.05) is 0 Å². The van der Waals surface area contributed by atoms with Crippen LogP contribution in [0.1, 0.15) is 6.42 Å². The van der Waals surface area contributed by atoms with Crippen molar-refractivity contribution in [3.05, 3.63) is 39.2 Å². The molecule has 0 aromatic heterocycles. The Morgan fingerprint density at radius 3 is 1.64 bits per heavy atom. The van der Waals surface area contributed by atoms with Crippen LogP contribution in [-0.4, -0.2) is 21.9 Å². The second-order valence-electron chi connectivity index (χ2n) is 1.00. The van der Waals surface area contributed by atoms with E-state index in [1.165, 1.54) is 0 Å². The zero-order valence-corrected chi connectivity index (χ0v) is 15.1. The van der Waals surface area contributed by atoms with E-state index in [0.717, 1.165) is 6.42 Å². The Kier molecular flexibility index (Phi) is 111. The first-order valence-electron chi connectivity index (χ1n) is 1.72. The molecule has 0 aliphatic heterocycles. The Bertz CT molecular complexity index is 74.5. The quantitative estimate of drug-likeness (QED) is 0.442. The summed E-state index contributed by atoms with van der Waals surface area (Å²) in [6, 6.07) is 0. The maximum absolute atomic E-state index is 2.99. The van der Waals surface area contributed by atoms with Crippen molar-refractivity contribution in [3.63, 3.8) is 0 Å². The Balaban J connectivity index is -0.0000000104. The number of halogens is 1. The van der Waals surface area contributed by atoms with Crippen molar-refractivity contribution in [2.24, 2.45) is 0 Å². The molecule has 11 heavy (non-hydrogen) atoms. The largest absolute Gasteiger partial charge is 3.00 e. The van der Waals surface area contributed by atoms with Gasteiger partial charge in [-0.2, -0.15) is 6.08 Å². The zero-order chi connectivity index (χ0) is 3.54. The van der Waals surface area contributed by atoms with Crippen LogP contribution in [0.15, 0.2) is 18.2 Å². The molecule has 65 valence electrons. The van der Waals surface area contributed by atoms with E-state index in [4.69, 9.17) is 0 Å². The van der Waals surface area contributed by atoms with Gasteiger partial charge < -0.3 is 14.9 Å². The molecule has 0 spiro atoms. The Morgan fingerprint density at radius 1 is 1.09 bits per heavy atom. The average molecular weight is 285 g/mol. The topological polar surface area (TPSA) is 0 Å². The molecule has 0 aromatic rings. The van der Waals surface area contributed by atoms with Gasteiger partial charge in [-0.3, -0.25) is 6.08 Å². The summed E-state index contributed by atoms with van der Waals surface area (Å²) in [4.78, 5) is 0. The molecule has 0 amide bonds. The van der Waals surface area contributed by atoms with Crippen LogP contribution in [0.25, 0.3) is 0 Å². The van der Waals surface area contributed by atoms with E-state index in [1.54, 1.807) is 0 Å². The summed E-state index contributed by atoms with van der Waals surface area (Å²) in [6.07, 6.45) is 10.0. The van der Waals surface area contributed by atoms with E-state index < -0.39 is 0 Å². The minimum atomic E-state index is 0. The molecule has 4 heteroatoms. The van der Waals surface area contributed by atoms with Crippen molar-refractivity contribution in [2.45, 2.75) is 6.42 Å². The standard InChI is InChI=1S/C5H5.2CH3.ClH.2H3Si.Zr/c1-2-4-5-3-1;;;;;;/h1-3H,4H2;2*1H3;1H;2*1H3;/q3*-1;;;;+3. The fourth-order valence-electron chi connectivity index (χ4n) is 0.340. The third kappa shape index (κ3) is 24.7. The Morgan fingerprint density at radius 2 is 1.55 bits per heavy atom. The summed E-state index contributed by atoms with van der Waals surface area (Å²) in [6.45, 7) is 0. The van der Waals surface area contributed by atoms with Gasteiger partial charge in [0.05, 0.1) is 0 Å². The third-order valence-electron chi connectivity index (χ3n) is 0.586. The fourth-order valence-corrected chi connectivity index (χ4v) is 0.340. The van der Waals surface area contributed by atoms with Gasteiger partial charge in [-0.15, -0.1) is 18.8 Å². The molecular formula is C7H18ClSi2Zr. The first-order chi connectivity index (χ1) is 2.50. The van der Waals surface area contributed by atoms with Crippen molar-refractivity contribution in [3.8, 4) is 0 Å². The van der Waals surface area contributed by atoms with Crippen LogP contribution in [-0.2, 0) is 26.2 Å². The van der Waals surface area contributed by atoms with Crippen LogP contribution in [0.5, 0.6) is 0 Å². The van der Waals surface area contributed by atoms with Crippen LogP contribution in [0, 0.1) is 20.9 Å². The molecule has 0 heterocycles. The maximum atomic E-state index is 2.99.